The number of nitrogens with zero attached hydrogens (tertiary/aromatic N) is 8. The highest BCUT2D eigenvalue weighted by Crippen LogP contribution is 2.19. The number of rotatable bonds is 17. The van der Waals surface area contributed by atoms with Crippen LogP contribution in [0.4, 0.5) is 29.0 Å². The highest BCUT2D eigenvalue weighted by Gasteiger charge is 2.21. The average Bonchev–Trinajstić information content (AvgIpc) is 3.94. The summed E-state index contributed by atoms with van der Waals surface area (Å²) >= 11 is 11.8. The number of amides is 5. The van der Waals surface area contributed by atoms with Crippen LogP contribution in [0.3, 0.4) is 0 Å². The lowest BCUT2D eigenvalue weighted by Crippen LogP contribution is -2.29. The maximum Gasteiger partial charge on any atom is 0.293 e. The van der Waals surface area contributed by atoms with E-state index in [1.165, 1.54) is 52.4 Å². The maximum absolute atomic E-state index is 13.2. The Hall–Kier alpha value is -6.74. The summed E-state index contributed by atoms with van der Waals surface area (Å²) in [6.07, 6.45) is 1.69. The lowest BCUT2D eigenvalue weighted by Gasteiger charge is -2.22. The highest BCUT2D eigenvalue weighted by molar-refractivity contribution is 6.18. The first-order valence-corrected chi connectivity index (χ1v) is 17.8. The van der Waals surface area contributed by atoms with E-state index in [0.29, 0.717) is 30.4 Å². The SMILES string of the molecule is Cn1cc(NC(=O)c2nc(NC(=O)c3ccc(N(CCCl)CCCl)cc3)n[nH]2)cc1C(=O)Nc1cc(C(=O)Nc2cc(C(=O)NCCC(=N)N)n(C)n2)n(C)n1. The molecule has 0 atom stereocenters. The standard InChI is InChI=1S/C33H38Cl2N16O5/c1-48-17-19(39-32(56)27-42-33(45-44-27)43-28(52)18-4-6-20(7-5-18)51(12-9-34)13-10-35)14-21(48)30(54)40-26-16-23(50(3)47-26)31(55)41-25-15-22(49(2)46-25)29(53)38-11-8-24(36)37/h4-7,14-17H,8-13H2,1-3H3,(H3,36,37)(H,38,53)(H,39,56)(H,40,47,54)(H,41,46,55)(H2,42,43,44,45,52). The van der Waals surface area contributed by atoms with E-state index in [1.807, 2.05) is 4.90 Å². The molecule has 0 aliphatic rings. The van der Waals surface area contributed by atoms with Gasteiger partial charge in [0.05, 0.1) is 11.5 Å². The van der Waals surface area contributed by atoms with E-state index >= 15 is 0 Å². The summed E-state index contributed by atoms with van der Waals surface area (Å²) < 4.78 is 4.01. The minimum Gasteiger partial charge on any atom is -0.388 e. The third-order valence-corrected chi connectivity index (χ3v) is 8.35. The number of carbonyl (C=O) groups is 5. The van der Waals surface area contributed by atoms with Crippen molar-refractivity contribution in [2.75, 3.05) is 57.6 Å². The van der Waals surface area contributed by atoms with Crippen molar-refractivity contribution < 1.29 is 24.0 Å². The molecular weight excluding hydrogens is 771 g/mol. The molecule has 56 heavy (non-hydrogen) atoms. The van der Waals surface area contributed by atoms with Crippen molar-refractivity contribution in [3.63, 3.8) is 0 Å². The number of hydrogen-bond donors (Lipinski definition) is 8. The van der Waals surface area contributed by atoms with Gasteiger partial charge in [-0.15, -0.1) is 28.3 Å². The van der Waals surface area contributed by atoms with Gasteiger partial charge in [0, 0.05) is 88.5 Å². The number of H-pyrrole nitrogens is 1. The van der Waals surface area contributed by atoms with Gasteiger partial charge in [-0.05, 0) is 30.3 Å². The topological polar surface area (TPSA) is 281 Å². The van der Waals surface area contributed by atoms with Crippen LogP contribution in [0, 0.1) is 5.41 Å². The molecule has 0 fully saturated rings. The zero-order chi connectivity index (χ0) is 40.5. The van der Waals surface area contributed by atoms with Gasteiger partial charge in [0.1, 0.15) is 17.1 Å². The van der Waals surface area contributed by atoms with Crippen LogP contribution in [0.25, 0.3) is 0 Å². The summed E-state index contributed by atoms with van der Waals surface area (Å²) in [5, 5.41) is 35.0. The van der Waals surface area contributed by atoms with Gasteiger partial charge in [0.15, 0.2) is 11.6 Å². The Morgan fingerprint density at radius 2 is 1.38 bits per heavy atom. The second kappa shape index (κ2) is 18.1. The van der Waals surface area contributed by atoms with Crippen molar-refractivity contribution in [2.24, 2.45) is 26.9 Å². The minimum absolute atomic E-state index is 0.0628. The molecule has 9 N–H and O–H groups in total. The summed E-state index contributed by atoms with van der Waals surface area (Å²) in [6, 6.07) is 11.0. The molecule has 5 aromatic rings. The van der Waals surface area contributed by atoms with Gasteiger partial charge in [-0.3, -0.25) is 49.2 Å². The van der Waals surface area contributed by atoms with E-state index in [4.69, 9.17) is 34.3 Å². The molecule has 1 aromatic carbocycles. The van der Waals surface area contributed by atoms with E-state index in [1.54, 1.807) is 31.3 Å². The number of carbonyl (C=O) groups excluding carboxylic acids is 5. The second-order valence-corrected chi connectivity index (χ2v) is 12.8. The largest absolute Gasteiger partial charge is 0.388 e. The molecule has 0 saturated carbocycles. The van der Waals surface area contributed by atoms with E-state index in [-0.39, 0.29) is 65.0 Å². The molecule has 5 amide bonds. The number of hydrogen-bond acceptors (Lipinski definition) is 11. The number of benzene rings is 1. The molecule has 4 aromatic heterocycles. The molecular formula is C33H38Cl2N16O5. The van der Waals surface area contributed by atoms with Gasteiger partial charge in [0.2, 0.25) is 11.8 Å². The number of aromatic nitrogens is 8. The zero-order valence-corrected chi connectivity index (χ0v) is 31.8. The Balaban J connectivity index is 1.15. The van der Waals surface area contributed by atoms with Gasteiger partial charge in [-0.25, -0.2) is 0 Å². The van der Waals surface area contributed by atoms with E-state index in [0.717, 1.165) is 5.69 Å². The van der Waals surface area contributed by atoms with E-state index in [9.17, 15) is 24.0 Å². The first kappa shape index (κ1) is 40.4. The monoisotopic (exact) mass is 808 g/mol. The Morgan fingerprint density at radius 3 is 1.96 bits per heavy atom. The fourth-order valence-electron chi connectivity index (χ4n) is 5.28. The van der Waals surface area contributed by atoms with Crippen molar-refractivity contribution in [1.29, 1.82) is 5.41 Å². The number of halogens is 2. The number of amidine groups is 1. The minimum atomic E-state index is -0.687. The lowest BCUT2D eigenvalue weighted by molar-refractivity contribution is 0.0942. The Labute approximate surface area is 328 Å². The van der Waals surface area contributed by atoms with Crippen LogP contribution in [0.15, 0.2) is 48.7 Å². The number of nitrogens with one attached hydrogen (secondary N) is 7. The Morgan fingerprint density at radius 1 is 0.786 bits per heavy atom. The van der Waals surface area contributed by atoms with Gasteiger partial charge in [-0.1, -0.05) is 0 Å². The van der Waals surface area contributed by atoms with Gasteiger partial charge < -0.3 is 36.5 Å². The molecule has 23 heteroatoms. The number of anilines is 5. The molecule has 0 spiro atoms. The van der Waals surface area contributed by atoms with Gasteiger partial charge >= 0.3 is 0 Å². The first-order valence-electron chi connectivity index (χ1n) is 16.8. The second-order valence-electron chi connectivity index (χ2n) is 12.1. The van der Waals surface area contributed by atoms with Crippen LogP contribution in [-0.2, 0) is 21.1 Å². The summed E-state index contributed by atoms with van der Waals surface area (Å²) in [6.45, 7) is 1.36. The van der Waals surface area contributed by atoms with Crippen molar-refractivity contribution in [3.05, 3.63) is 77.1 Å². The molecule has 5 rings (SSSR count). The fraction of sp³-hybridized carbons (Fsp3) is 0.273. The van der Waals surface area contributed by atoms with Crippen molar-refractivity contribution >= 4 is 87.5 Å². The summed E-state index contributed by atoms with van der Waals surface area (Å²) in [5.41, 5.74) is 7.16. The number of aromatic amines is 1. The van der Waals surface area contributed by atoms with Gasteiger partial charge in [-0.2, -0.15) is 15.2 Å². The van der Waals surface area contributed by atoms with Crippen LogP contribution in [0.5, 0.6) is 0 Å². The average molecular weight is 810 g/mol. The molecule has 0 radical (unpaired) electrons. The van der Waals surface area contributed by atoms with Crippen LogP contribution >= 0.6 is 23.2 Å². The highest BCUT2D eigenvalue weighted by atomic mass is 35.5. The number of nitrogens with two attached hydrogens (primary N) is 1. The van der Waals surface area contributed by atoms with E-state index < -0.39 is 29.5 Å². The summed E-state index contributed by atoms with van der Waals surface area (Å²) in [5.74, 6) is -2.22. The van der Waals surface area contributed by atoms with E-state index in [2.05, 4.69) is 52.0 Å². The fourth-order valence-corrected chi connectivity index (χ4v) is 5.69. The molecule has 0 saturated heterocycles. The molecule has 0 aliphatic heterocycles. The predicted octanol–water partition coefficient (Wildman–Crippen LogP) is 1.96. The quantitative estimate of drug-likeness (QED) is 0.0382. The Kier molecular flexibility index (Phi) is 13.0. The maximum atomic E-state index is 13.2. The molecule has 0 unspecified atom stereocenters. The zero-order valence-electron chi connectivity index (χ0n) is 30.3. The van der Waals surface area contributed by atoms with Crippen LogP contribution in [-0.4, -0.2) is 106 Å². The van der Waals surface area contributed by atoms with Crippen LogP contribution in [0.1, 0.15) is 58.9 Å². The number of aryl methyl sites for hydroxylation is 3. The molecule has 0 bridgehead atoms. The smallest absolute Gasteiger partial charge is 0.293 e. The van der Waals surface area contributed by atoms with Crippen molar-refractivity contribution in [1.82, 2.24) is 44.6 Å². The van der Waals surface area contributed by atoms with Crippen LogP contribution < -0.4 is 37.2 Å². The summed E-state index contributed by atoms with van der Waals surface area (Å²) in [4.78, 5) is 70.5. The van der Waals surface area contributed by atoms with Gasteiger partial charge in [0.25, 0.3) is 29.5 Å². The van der Waals surface area contributed by atoms with Crippen LogP contribution in [0.2, 0.25) is 0 Å². The lowest BCUT2D eigenvalue weighted by atomic mass is 10.2. The third-order valence-electron chi connectivity index (χ3n) is 8.01. The summed E-state index contributed by atoms with van der Waals surface area (Å²) in [7, 11) is 4.63. The third kappa shape index (κ3) is 10.1. The molecule has 4 heterocycles. The first-order chi connectivity index (χ1) is 26.8. The predicted molar refractivity (Wildman–Crippen MR) is 209 cm³/mol. The number of alkyl halides is 2. The molecule has 21 nitrogen and oxygen atoms in total. The van der Waals surface area contributed by atoms with Crippen molar-refractivity contribution in [2.45, 2.75) is 6.42 Å². The molecule has 0 aliphatic carbocycles. The van der Waals surface area contributed by atoms with Crippen molar-refractivity contribution in [3.8, 4) is 0 Å². The normalized spacial score (nSPS) is 10.8. The molecule has 294 valence electrons. The Bertz CT molecular complexity index is 2250.